The van der Waals surface area contributed by atoms with Crippen molar-refractivity contribution in [1.29, 1.82) is 0 Å². The van der Waals surface area contributed by atoms with Crippen LogP contribution < -0.4 is 4.90 Å². The van der Waals surface area contributed by atoms with E-state index in [0.29, 0.717) is 37.9 Å². The Labute approximate surface area is 267 Å². The summed E-state index contributed by atoms with van der Waals surface area (Å²) in [4.78, 5) is 43.3. The van der Waals surface area contributed by atoms with Gasteiger partial charge in [-0.15, -0.1) is 0 Å². The van der Waals surface area contributed by atoms with Gasteiger partial charge in [0.15, 0.2) is 5.60 Å². The molecule has 1 spiro atoms. The quantitative estimate of drug-likeness (QED) is 0.128. The van der Waals surface area contributed by atoms with Gasteiger partial charge < -0.3 is 28.5 Å². The largest absolute Gasteiger partial charge is 0.469 e. The Hall–Kier alpha value is -2.35. The van der Waals surface area contributed by atoms with Gasteiger partial charge in [-0.25, -0.2) is 0 Å². The van der Waals surface area contributed by atoms with E-state index in [1.807, 2.05) is 49.4 Å². The third kappa shape index (κ3) is 5.89. The number of carbonyl (C=O) groups excluding carboxylic acids is 3. The zero-order chi connectivity index (χ0) is 31.1. The highest BCUT2D eigenvalue weighted by Crippen LogP contribution is 2.60. The van der Waals surface area contributed by atoms with Crippen LogP contribution in [0.25, 0.3) is 0 Å². The maximum Gasteiger partial charge on any atom is 0.305 e. The van der Waals surface area contributed by atoms with Gasteiger partial charge >= 0.3 is 5.97 Å². The number of hydrogen-bond donors (Lipinski definition) is 1. The molecule has 11 heteroatoms. The molecule has 2 amide bonds. The molecule has 2 aromatic carbocycles. The molecule has 1 fully saturated rings. The number of amides is 2. The summed E-state index contributed by atoms with van der Waals surface area (Å²) < 4.78 is 28.7. The minimum Gasteiger partial charge on any atom is -0.469 e. The Morgan fingerprint density at radius 3 is 2.58 bits per heavy atom. The lowest BCUT2D eigenvalue weighted by Crippen LogP contribution is -2.48. The summed E-state index contributed by atoms with van der Waals surface area (Å²) >= 11 is 2.21. The number of rotatable bonds is 9. The fourth-order valence-electron chi connectivity index (χ4n) is 7.41. The number of carbonyl (C=O) groups is 3. The van der Waals surface area contributed by atoms with Crippen LogP contribution in [0.5, 0.6) is 0 Å². The molecule has 0 saturated carbocycles. The van der Waals surface area contributed by atoms with E-state index < -0.39 is 31.6 Å². The molecule has 2 aromatic rings. The van der Waals surface area contributed by atoms with Crippen LogP contribution in [0.4, 0.5) is 9.80 Å². The molecular weight excluding hydrogens is 682 g/mol. The highest BCUT2D eigenvalue weighted by molar-refractivity contribution is 14.1. The van der Waals surface area contributed by atoms with Gasteiger partial charge in [0.1, 0.15) is 0 Å². The standard InChI is InChI=1S/C32H40FIN2O6Si/c1-20-30(43(3,4)33)27(17-28(38)36-18-22-10-6-5-9-21(22)15-24(36)19-37)42-32(20)25-16-23(34)12-13-26(25)35(31(32)40)14-8-7-11-29(39)41-2/h5-6,9-10,12-13,16,20,24,27,30,37H,7-8,11,14-15,17-19H2,1-4H3/t20-,24+,27+,30-,32+/m1/s1. The highest BCUT2D eigenvalue weighted by Gasteiger charge is 2.67. The van der Waals surface area contributed by atoms with E-state index in [2.05, 4.69) is 22.6 Å². The van der Waals surface area contributed by atoms with E-state index in [-0.39, 0.29) is 43.3 Å². The molecule has 0 unspecified atom stereocenters. The topological polar surface area (TPSA) is 96.4 Å². The summed E-state index contributed by atoms with van der Waals surface area (Å²) in [5, 5.41) is 10.2. The van der Waals surface area contributed by atoms with Crippen molar-refractivity contribution in [1.82, 2.24) is 4.90 Å². The molecule has 3 heterocycles. The number of nitrogens with zero attached hydrogens (tertiary/aromatic N) is 2. The molecule has 232 valence electrons. The summed E-state index contributed by atoms with van der Waals surface area (Å²) in [5.74, 6) is -1.25. The van der Waals surface area contributed by atoms with Crippen molar-refractivity contribution in [3.8, 4) is 0 Å². The van der Waals surface area contributed by atoms with Crippen molar-refractivity contribution in [2.24, 2.45) is 5.92 Å². The van der Waals surface area contributed by atoms with Crippen molar-refractivity contribution in [2.75, 3.05) is 25.2 Å². The molecule has 0 aromatic heterocycles. The third-order valence-electron chi connectivity index (χ3n) is 9.43. The first kappa shape index (κ1) is 32.1. The predicted octanol–water partition coefficient (Wildman–Crippen LogP) is 5.09. The van der Waals surface area contributed by atoms with Crippen molar-refractivity contribution in [3.63, 3.8) is 0 Å². The first-order valence-corrected chi connectivity index (χ1v) is 19.0. The second kappa shape index (κ2) is 12.6. The SMILES string of the molecule is COC(=O)CCCCN1C(=O)[C@@]2(O[C@@H](CC(=O)N3Cc4ccccc4C[C@H]3CO)[C@H]([Si](C)(C)F)[C@H]2C)c2cc(I)ccc21. The average Bonchev–Trinajstić information content (AvgIpc) is 3.40. The number of benzene rings is 2. The van der Waals surface area contributed by atoms with E-state index in [1.54, 1.807) is 22.9 Å². The summed E-state index contributed by atoms with van der Waals surface area (Å²) in [6.07, 6.45) is 1.10. The molecule has 5 rings (SSSR count). The molecule has 8 nitrogen and oxygen atoms in total. The molecule has 0 aliphatic carbocycles. The van der Waals surface area contributed by atoms with E-state index in [4.69, 9.17) is 9.47 Å². The van der Waals surface area contributed by atoms with Crippen LogP contribution in [-0.2, 0) is 42.4 Å². The van der Waals surface area contributed by atoms with E-state index in [0.717, 1.165) is 20.4 Å². The van der Waals surface area contributed by atoms with Crippen molar-refractivity contribution >= 4 is 54.5 Å². The summed E-state index contributed by atoms with van der Waals surface area (Å²) in [6.45, 7) is 5.72. The minimum absolute atomic E-state index is 0.0680. The molecule has 43 heavy (non-hydrogen) atoms. The van der Waals surface area contributed by atoms with Crippen LogP contribution >= 0.6 is 22.6 Å². The van der Waals surface area contributed by atoms with Gasteiger partial charge in [-0.05, 0) is 84.3 Å². The fourth-order valence-corrected chi connectivity index (χ4v) is 10.4. The number of methoxy groups -OCH3 is 1. The lowest BCUT2D eigenvalue weighted by molar-refractivity contribution is -0.151. The first-order chi connectivity index (χ1) is 20.4. The predicted molar refractivity (Wildman–Crippen MR) is 172 cm³/mol. The monoisotopic (exact) mass is 722 g/mol. The van der Waals surface area contributed by atoms with Gasteiger partial charge in [0.05, 0.1) is 38.0 Å². The van der Waals surface area contributed by atoms with Crippen LogP contribution in [0.2, 0.25) is 18.6 Å². The van der Waals surface area contributed by atoms with Gasteiger partial charge in [0.2, 0.25) is 14.3 Å². The molecule has 0 radical (unpaired) electrons. The maximum atomic E-state index is 16.2. The number of esters is 1. The summed E-state index contributed by atoms with van der Waals surface area (Å²) in [6, 6.07) is 13.3. The minimum atomic E-state index is -3.45. The number of aliphatic hydroxyl groups excluding tert-OH is 1. The van der Waals surface area contributed by atoms with E-state index in [9.17, 15) is 19.5 Å². The lowest BCUT2D eigenvalue weighted by Gasteiger charge is -2.37. The van der Waals surface area contributed by atoms with E-state index >= 15 is 4.11 Å². The number of aliphatic hydroxyl groups is 1. The molecular formula is C32H40FIN2O6Si. The van der Waals surface area contributed by atoms with Crippen LogP contribution in [0.3, 0.4) is 0 Å². The van der Waals surface area contributed by atoms with Gasteiger partial charge in [0, 0.05) is 40.1 Å². The summed E-state index contributed by atoms with van der Waals surface area (Å²) in [5.41, 5.74) is 1.58. The third-order valence-corrected chi connectivity index (χ3v) is 12.6. The first-order valence-electron chi connectivity index (χ1n) is 14.9. The lowest BCUT2D eigenvalue weighted by atomic mass is 9.82. The smallest absolute Gasteiger partial charge is 0.305 e. The molecule has 3 aliphatic rings. The molecule has 5 atom stereocenters. The highest BCUT2D eigenvalue weighted by atomic mass is 127. The van der Waals surface area contributed by atoms with Crippen molar-refractivity contribution in [2.45, 2.75) is 82.0 Å². The fraction of sp³-hybridized carbons (Fsp3) is 0.531. The van der Waals surface area contributed by atoms with Crippen LogP contribution in [0.15, 0.2) is 42.5 Å². The Morgan fingerprint density at radius 2 is 1.91 bits per heavy atom. The number of halogens is 2. The van der Waals surface area contributed by atoms with Crippen LogP contribution in [0, 0.1) is 9.49 Å². The number of fused-ring (bicyclic) bond motifs is 3. The van der Waals surface area contributed by atoms with E-state index in [1.165, 1.54) is 7.11 Å². The van der Waals surface area contributed by atoms with Crippen LogP contribution in [-0.4, -0.2) is 68.6 Å². The summed E-state index contributed by atoms with van der Waals surface area (Å²) in [7, 11) is -2.09. The Bertz CT molecular complexity index is 1400. The van der Waals surface area contributed by atoms with Gasteiger partial charge in [0.25, 0.3) is 5.91 Å². The second-order valence-corrected chi connectivity index (χ2v) is 17.5. The average molecular weight is 723 g/mol. The zero-order valence-corrected chi connectivity index (χ0v) is 28.3. The Morgan fingerprint density at radius 1 is 1.19 bits per heavy atom. The van der Waals surface area contributed by atoms with Gasteiger partial charge in [-0.1, -0.05) is 31.2 Å². The molecule has 3 aliphatic heterocycles. The maximum absolute atomic E-state index is 16.2. The number of anilines is 1. The zero-order valence-electron chi connectivity index (χ0n) is 25.1. The van der Waals surface area contributed by atoms with Gasteiger partial charge in [-0.2, -0.15) is 0 Å². The molecule has 0 bridgehead atoms. The number of hydrogen-bond acceptors (Lipinski definition) is 6. The molecule has 1 N–H and O–H groups in total. The second-order valence-electron chi connectivity index (χ2n) is 12.5. The Kier molecular flexibility index (Phi) is 9.37. The number of ether oxygens (including phenoxy) is 2. The number of unbranched alkanes of at least 4 members (excludes halogenated alkanes) is 1. The van der Waals surface area contributed by atoms with Crippen molar-refractivity contribution in [3.05, 3.63) is 62.7 Å². The van der Waals surface area contributed by atoms with Crippen molar-refractivity contribution < 1.29 is 33.1 Å². The Balaban J connectivity index is 1.45. The molecule has 1 saturated heterocycles. The van der Waals surface area contributed by atoms with Crippen LogP contribution in [0.1, 0.15) is 49.3 Å². The normalized spacial score (nSPS) is 26.5. The van der Waals surface area contributed by atoms with Gasteiger partial charge in [-0.3, -0.25) is 14.4 Å².